The van der Waals surface area contributed by atoms with Gasteiger partial charge in [-0.05, 0) is 5.67 Å². The van der Waals surface area contributed by atoms with Crippen LogP contribution in [0.1, 0.15) is 34.1 Å². The van der Waals surface area contributed by atoms with Gasteiger partial charge in [-0.25, -0.2) is 0 Å². The van der Waals surface area contributed by atoms with Gasteiger partial charge in [0.05, 0.1) is 0 Å². The van der Waals surface area contributed by atoms with Crippen molar-refractivity contribution in [3.63, 3.8) is 0 Å². The molecule has 1 heterocycles. The van der Waals surface area contributed by atoms with Gasteiger partial charge >= 0.3 is 55.7 Å². The second kappa shape index (κ2) is 15.9. The predicted molar refractivity (Wildman–Crippen MR) is 135 cm³/mol. The van der Waals surface area contributed by atoms with E-state index in [0.717, 1.165) is 5.67 Å². The van der Waals surface area contributed by atoms with Gasteiger partial charge < -0.3 is 0 Å². The zero-order chi connectivity index (χ0) is 18.2. The third kappa shape index (κ3) is 19.4. The molecule has 0 N–H and O–H groups in total. The van der Waals surface area contributed by atoms with Gasteiger partial charge in [-0.3, -0.25) is 0 Å². The van der Waals surface area contributed by atoms with Crippen LogP contribution in [0.2, 0.25) is 70.1 Å². The third-order valence-corrected chi connectivity index (χ3v) is 33.3. The van der Waals surface area contributed by atoms with Crippen molar-refractivity contribution >= 4 is 108 Å². The summed E-state index contributed by atoms with van der Waals surface area (Å²) in [6.07, 6.45) is 4.60. The first kappa shape index (κ1) is 35.5. The molecule has 24 heavy (non-hydrogen) atoms. The average molecular weight is 482 g/mol. The Bertz CT molecular complexity index is 275. The zero-order valence-corrected chi connectivity index (χ0v) is 27.6. The molecular formula is C16H44Cl2KNaSi4. The summed E-state index contributed by atoms with van der Waals surface area (Å²) < 4.78 is 0. The summed E-state index contributed by atoms with van der Waals surface area (Å²) in [6, 6.07) is 3.23. The van der Waals surface area contributed by atoms with Gasteiger partial charge in [-0.1, -0.05) is 98.6 Å². The summed E-state index contributed by atoms with van der Waals surface area (Å²) >= 11 is 14.9. The van der Waals surface area contributed by atoms with Gasteiger partial charge in [0, 0.05) is 15.2 Å². The van der Waals surface area contributed by atoms with Gasteiger partial charge in [0.1, 0.15) is 14.8 Å². The van der Waals surface area contributed by atoms with Crippen LogP contribution >= 0.6 is 22.2 Å². The molecule has 1 aliphatic heterocycles. The van der Waals surface area contributed by atoms with E-state index in [0.29, 0.717) is 0 Å². The summed E-state index contributed by atoms with van der Waals surface area (Å²) in [7, 11) is -4.24. The van der Waals surface area contributed by atoms with Crippen LogP contribution in [0.15, 0.2) is 0 Å². The van der Waals surface area contributed by atoms with Crippen LogP contribution in [-0.4, -0.2) is 85.7 Å². The first-order valence-corrected chi connectivity index (χ1v) is 36.3. The van der Waals surface area contributed by atoms with Crippen molar-refractivity contribution in [3.8, 4) is 0 Å². The Morgan fingerprint density at radius 1 is 0.750 bits per heavy atom. The van der Waals surface area contributed by atoms with Crippen molar-refractivity contribution < 1.29 is 0 Å². The molecule has 0 saturated carbocycles. The standard InChI is InChI=1S/C9H22Si2.C5H14Cl2Si2.2CH4.K.Na/c1-10(2)8-6-5-7-9-11(10,3)4;1-8(2,6)5-9(3,4)7;;;;/h5-9H2,1-4H3;5H2,1-4H3;2*1H4;;. The van der Waals surface area contributed by atoms with E-state index < -0.39 is 30.0 Å². The molecule has 0 radical (unpaired) electrons. The first-order valence-electron chi connectivity index (χ1n) is 9.04. The van der Waals surface area contributed by atoms with Gasteiger partial charge in [0.15, 0.2) is 0 Å². The normalized spacial score (nSPS) is 19.1. The van der Waals surface area contributed by atoms with Crippen LogP contribution in [0.4, 0.5) is 0 Å². The van der Waals surface area contributed by atoms with E-state index in [1.54, 1.807) is 12.1 Å². The van der Waals surface area contributed by atoms with E-state index in [4.69, 9.17) is 22.2 Å². The van der Waals surface area contributed by atoms with Gasteiger partial charge in [-0.2, -0.15) is 22.2 Å². The van der Waals surface area contributed by atoms with Gasteiger partial charge in [0.2, 0.25) is 0 Å². The molecule has 0 aromatic heterocycles. The Labute approximate surface area is 208 Å². The van der Waals surface area contributed by atoms with E-state index in [9.17, 15) is 0 Å². The monoisotopic (exact) mass is 480 g/mol. The molecule has 0 aliphatic carbocycles. The van der Waals surface area contributed by atoms with E-state index in [-0.39, 0.29) is 14.9 Å². The predicted octanol–water partition coefficient (Wildman–Crippen LogP) is 7.59. The fourth-order valence-electron chi connectivity index (χ4n) is 2.99. The second-order valence-corrected chi connectivity index (χ2v) is 40.0. The summed E-state index contributed by atoms with van der Waals surface area (Å²) in [5.41, 5.74) is 1.10. The van der Waals surface area contributed by atoms with Crippen molar-refractivity contribution in [2.45, 2.75) is 104 Å². The van der Waals surface area contributed by atoms with Crippen molar-refractivity contribution in [3.05, 3.63) is 0 Å². The topological polar surface area (TPSA) is 0 Å². The Hall–Kier alpha value is 4.08. The fourth-order valence-corrected chi connectivity index (χ4v) is 26.4. The molecule has 1 aliphatic rings. The van der Waals surface area contributed by atoms with E-state index in [2.05, 4.69) is 52.4 Å². The van der Waals surface area contributed by atoms with Crippen molar-refractivity contribution in [1.82, 2.24) is 0 Å². The van der Waals surface area contributed by atoms with Crippen LogP contribution in [0.5, 0.6) is 0 Å². The number of hydrogen-bond acceptors (Lipinski definition) is 0. The Kier molecular flexibility index (Phi) is 23.5. The quantitative estimate of drug-likeness (QED) is 0.281. The van der Waals surface area contributed by atoms with Gasteiger partial charge in [-0.15, -0.1) is 0 Å². The van der Waals surface area contributed by atoms with Crippen LogP contribution in [-0.2, 0) is 0 Å². The van der Waals surface area contributed by atoms with Crippen LogP contribution < -0.4 is 0 Å². The summed E-state index contributed by atoms with van der Waals surface area (Å²) in [6.45, 7) is 19.1. The summed E-state index contributed by atoms with van der Waals surface area (Å²) in [5.74, 6) is 0. The van der Waals surface area contributed by atoms with E-state index in [1.165, 1.54) is 75.0 Å². The van der Waals surface area contributed by atoms with E-state index >= 15 is 0 Å². The Morgan fingerprint density at radius 2 is 1.00 bits per heavy atom. The van der Waals surface area contributed by atoms with Crippen LogP contribution in [0.25, 0.3) is 0 Å². The molecular weight excluding hydrogens is 438 g/mol. The summed E-state index contributed by atoms with van der Waals surface area (Å²) in [4.78, 5) is 0. The average Bonchev–Trinajstić information content (AvgIpc) is 2.37. The van der Waals surface area contributed by atoms with Crippen LogP contribution in [0, 0.1) is 0 Å². The molecule has 140 valence electrons. The minimum atomic E-state index is -1.39. The molecule has 0 nitrogen and oxygen atoms in total. The molecule has 0 unspecified atom stereocenters. The summed E-state index contributed by atoms with van der Waals surface area (Å²) in [5, 5.41) is 0. The zero-order valence-electron chi connectivity index (χ0n) is 17.0. The molecule has 0 spiro atoms. The molecule has 1 saturated heterocycles. The van der Waals surface area contributed by atoms with Crippen molar-refractivity contribution in [1.29, 1.82) is 0 Å². The van der Waals surface area contributed by atoms with Gasteiger partial charge in [0.25, 0.3) is 0 Å². The minimum absolute atomic E-state index is 0. The maximum atomic E-state index is 6.11. The Balaban J connectivity index is -0.000000142. The second-order valence-electron chi connectivity index (χ2n) is 8.94. The molecule has 0 bridgehead atoms. The molecule has 1 rings (SSSR count). The molecule has 0 aromatic rings. The maximum absolute atomic E-state index is 6.11. The Morgan fingerprint density at radius 3 is 1.17 bits per heavy atom. The molecule has 8 heteroatoms. The molecule has 0 amide bonds. The first-order chi connectivity index (χ1) is 9.66. The van der Waals surface area contributed by atoms with Crippen LogP contribution in [0.3, 0.4) is 0 Å². The number of hydrogen-bond donors (Lipinski definition) is 0. The molecule has 1 fully saturated rings. The van der Waals surface area contributed by atoms with Crippen molar-refractivity contribution in [2.24, 2.45) is 0 Å². The van der Waals surface area contributed by atoms with E-state index in [1.807, 2.05) is 0 Å². The SMILES string of the molecule is C.C.C[Si](C)(Cl)C[Si](C)(C)Cl.C[Si]1(C)CCCCC[Si]1(C)C.[Na][K]. The molecule has 0 atom stereocenters. The molecule has 0 aromatic carbocycles. The number of rotatable bonds is 2. The number of halogens is 2. The van der Waals surface area contributed by atoms with Crippen molar-refractivity contribution in [2.75, 3.05) is 0 Å². The third-order valence-electron chi connectivity index (χ3n) is 4.78. The fraction of sp³-hybridized carbons (Fsp3) is 1.00.